The number of nitrogens with zero attached hydrogens (tertiary/aromatic N) is 3. The summed E-state index contributed by atoms with van der Waals surface area (Å²) < 4.78 is 29.1. The van der Waals surface area contributed by atoms with Gasteiger partial charge in [-0.3, -0.25) is 14.8 Å². The van der Waals surface area contributed by atoms with Gasteiger partial charge in [-0.1, -0.05) is 48.6 Å². The molecule has 1 amide bonds. The van der Waals surface area contributed by atoms with Crippen LogP contribution in [0.3, 0.4) is 0 Å². The van der Waals surface area contributed by atoms with E-state index in [0.717, 1.165) is 24.2 Å². The Kier molecular flexibility index (Phi) is 7.17. The maximum absolute atomic E-state index is 14.5. The number of amides is 1. The molecule has 1 N–H and O–H groups in total. The van der Waals surface area contributed by atoms with E-state index >= 15 is 0 Å². The number of carbonyl (C=O) groups is 1. The summed E-state index contributed by atoms with van der Waals surface area (Å²) in [5.74, 6) is -0.474. The van der Waals surface area contributed by atoms with Gasteiger partial charge in [0.05, 0.1) is 17.3 Å². The maximum atomic E-state index is 14.5. The highest BCUT2D eigenvalue weighted by Gasteiger charge is 2.42. The van der Waals surface area contributed by atoms with Gasteiger partial charge in [-0.25, -0.2) is 8.78 Å². The van der Waals surface area contributed by atoms with Gasteiger partial charge < -0.3 is 4.90 Å². The molecular weight excluding hydrogens is 494 g/mol. The summed E-state index contributed by atoms with van der Waals surface area (Å²) in [4.78, 5) is 17.8. The van der Waals surface area contributed by atoms with Crippen LogP contribution < -0.4 is 0 Å². The van der Waals surface area contributed by atoms with E-state index in [1.165, 1.54) is 36.1 Å². The third-order valence-electron chi connectivity index (χ3n) is 8.38. The van der Waals surface area contributed by atoms with Crippen molar-refractivity contribution in [2.75, 3.05) is 13.1 Å². The largest absolute Gasteiger partial charge is 0.331 e. The molecular formula is C32H34F2N4O. The standard InChI is InChI=1S/C32H34F2N4O/c1-21-30-31(36-35-21)26-17-22-9-2-3-10-23(22)18-29(26)38(32(30)39)16-8-15-37(19-24-11-4-6-13-27(24)33)20-25-12-5-7-14-28(25)34/h4-7,11-14,17-18,26,29H,2-3,8-10,15-16,19-20H2,1H3,(H,35,36). The van der Waals surface area contributed by atoms with Crippen LogP contribution in [0.1, 0.15) is 70.9 Å². The Morgan fingerprint density at radius 2 is 1.56 bits per heavy atom. The number of aromatic amines is 1. The fraction of sp³-hybridized carbons (Fsp3) is 0.375. The first-order chi connectivity index (χ1) is 19.0. The van der Waals surface area contributed by atoms with E-state index in [4.69, 9.17) is 0 Å². The van der Waals surface area contributed by atoms with E-state index in [2.05, 4.69) is 27.2 Å². The van der Waals surface area contributed by atoms with Gasteiger partial charge in [-0.2, -0.15) is 5.10 Å². The van der Waals surface area contributed by atoms with Gasteiger partial charge in [-0.15, -0.1) is 0 Å². The lowest BCUT2D eigenvalue weighted by Gasteiger charge is -2.42. The van der Waals surface area contributed by atoms with E-state index in [-0.39, 0.29) is 29.5 Å². The molecule has 1 fully saturated rings. The normalized spacial score (nSPS) is 20.3. The van der Waals surface area contributed by atoms with Crippen molar-refractivity contribution < 1.29 is 13.6 Å². The molecule has 2 atom stereocenters. The van der Waals surface area contributed by atoms with Crippen LogP contribution in [0.4, 0.5) is 8.78 Å². The monoisotopic (exact) mass is 528 g/mol. The van der Waals surface area contributed by atoms with Crippen molar-refractivity contribution in [1.29, 1.82) is 0 Å². The predicted molar refractivity (Wildman–Crippen MR) is 147 cm³/mol. The van der Waals surface area contributed by atoms with Crippen molar-refractivity contribution in [3.05, 3.63) is 112 Å². The third-order valence-corrected chi connectivity index (χ3v) is 8.38. The molecule has 7 heteroatoms. The SMILES string of the molecule is Cc1[nH]nc2c1C(=O)N(CCCN(Cc1ccccc1F)Cc1ccccc1F)C1C=C3CCCCC3=CC21. The number of benzene rings is 2. The Balaban J connectivity index is 1.23. The molecule has 2 aromatic carbocycles. The zero-order valence-electron chi connectivity index (χ0n) is 22.3. The third kappa shape index (κ3) is 5.08. The van der Waals surface area contributed by atoms with E-state index in [0.29, 0.717) is 49.3 Å². The summed E-state index contributed by atoms with van der Waals surface area (Å²) in [5.41, 5.74) is 6.28. The fourth-order valence-electron chi connectivity index (χ4n) is 6.38. The lowest BCUT2D eigenvalue weighted by atomic mass is 9.75. The smallest absolute Gasteiger partial charge is 0.258 e. The number of fused-ring (bicyclic) bond motifs is 4. The Labute approximate surface area is 228 Å². The molecule has 2 unspecified atom stereocenters. The molecule has 6 rings (SSSR count). The van der Waals surface area contributed by atoms with Gasteiger partial charge in [0.15, 0.2) is 0 Å². The number of hydrogen-bond acceptors (Lipinski definition) is 3. The number of rotatable bonds is 8. The van der Waals surface area contributed by atoms with Crippen molar-refractivity contribution >= 4 is 5.91 Å². The zero-order valence-corrected chi connectivity index (χ0v) is 22.3. The molecule has 5 nitrogen and oxygen atoms in total. The molecule has 2 heterocycles. The number of nitrogens with one attached hydrogen (secondary N) is 1. The molecule has 1 aromatic heterocycles. The van der Waals surface area contributed by atoms with Crippen molar-refractivity contribution in [2.24, 2.45) is 0 Å². The van der Waals surface area contributed by atoms with E-state index in [9.17, 15) is 13.6 Å². The van der Waals surface area contributed by atoms with Crippen LogP contribution in [0.25, 0.3) is 0 Å². The zero-order chi connectivity index (χ0) is 26.9. The lowest BCUT2D eigenvalue weighted by molar-refractivity contribution is 0.0659. The van der Waals surface area contributed by atoms with E-state index in [1.54, 1.807) is 24.3 Å². The van der Waals surface area contributed by atoms with Gasteiger partial charge in [-0.05, 0) is 62.3 Å². The quantitative estimate of drug-likeness (QED) is 0.366. The molecule has 1 saturated carbocycles. The summed E-state index contributed by atoms with van der Waals surface area (Å²) in [6, 6.07) is 13.4. The Bertz CT molecular complexity index is 1390. The first-order valence-corrected chi connectivity index (χ1v) is 14.0. The predicted octanol–water partition coefficient (Wildman–Crippen LogP) is 6.44. The molecule has 0 radical (unpaired) electrons. The van der Waals surface area contributed by atoms with Gasteiger partial charge in [0.1, 0.15) is 11.6 Å². The molecule has 39 heavy (non-hydrogen) atoms. The van der Waals surface area contributed by atoms with E-state index in [1.807, 2.05) is 24.0 Å². The van der Waals surface area contributed by atoms with Crippen LogP contribution in [0.2, 0.25) is 0 Å². The number of H-pyrrole nitrogens is 1. The molecule has 3 aromatic rings. The number of aryl methyl sites for hydroxylation is 1. The highest BCUT2D eigenvalue weighted by atomic mass is 19.1. The highest BCUT2D eigenvalue weighted by molar-refractivity contribution is 5.98. The van der Waals surface area contributed by atoms with Crippen LogP contribution >= 0.6 is 0 Å². The fourth-order valence-corrected chi connectivity index (χ4v) is 6.38. The number of aromatic nitrogens is 2. The first-order valence-electron chi connectivity index (χ1n) is 14.0. The van der Waals surface area contributed by atoms with Gasteiger partial charge in [0.25, 0.3) is 5.91 Å². The molecule has 202 valence electrons. The van der Waals surface area contributed by atoms with E-state index < -0.39 is 0 Å². The highest BCUT2D eigenvalue weighted by Crippen LogP contribution is 2.43. The van der Waals surface area contributed by atoms with Crippen LogP contribution in [-0.4, -0.2) is 45.0 Å². The van der Waals surface area contributed by atoms with Gasteiger partial charge >= 0.3 is 0 Å². The summed E-state index contributed by atoms with van der Waals surface area (Å²) >= 11 is 0. The minimum atomic E-state index is -0.267. The minimum Gasteiger partial charge on any atom is -0.331 e. The Morgan fingerprint density at radius 3 is 2.21 bits per heavy atom. The van der Waals surface area contributed by atoms with Crippen molar-refractivity contribution in [3.63, 3.8) is 0 Å². The second-order valence-corrected chi connectivity index (χ2v) is 11.0. The van der Waals surface area contributed by atoms with Crippen LogP contribution in [0.5, 0.6) is 0 Å². The van der Waals surface area contributed by atoms with Crippen molar-refractivity contribution in [3.8, 4) is 0 Å². The first kappa shape index (κ1) is 25.7. The van der Waals surface area contributed by atoms with Crippen LogP contribution in [0, 0.1) is 18.6 Å². The second-order valence-electron chi connectivity index (χ2n) is 11.0. The maximum Gasteiger partial charge on any atom is 0.258 e. The summed E-state index contributed by atoms with van der Waals surface area (Å²) in [5, 5.41) is 7.60. The van der Waals surface area contributed by atoms with Gasteiger partial charge in [0, 0.05) is 48.9 Å². The number of halogens is 2. The Hall–Kier alpha value is -3.58. The molecule has 0 bridgehead atoms. The van der Waals surface area contributed by atoms with Gasteiger partial charge in [0.2, 0.25) is 0 Å². The van der Waals surface area contributed by atoms with Crippen LogP contribution in [0.15, 0.2) is 71.8 Å². The Morgan fingerprint density at radius 1 is 0.949 bits per heavy atom. The average molecular weight is 529 g/mol. The second kappa shape index (κ2) is 10.9. The molecule has 0 saturated heterocycles. The number of carbonyl (C=O) groups excluding carboxylic acids is 1. The van der Waals surface area contributed by atoms with Crippen molar-refractivity contribution in [1.82, 2.24) is 20.0 Å². The summed E-state index contributed by atoms with van der Waals surface area (Å²) in [6.45, 7) is 3.79. The number of hydrogen-bond donors (Lipinski definition) is 1. The molecule has 2 aliphatic carbocycles. The molecule has 0 spiro atoms. The van der Waals surface area contributed by atoms with Crippen LogP contribution in [-0.2, 0) is 13.1 Å². The topological polar surface area (TPSA) is 52.2 Å². The lowest BCUT2D eigenvalue weighted by Crippen LogP contribution is -2.49. The molecule has 1 aliphatic heterocycles. The number of allylic oxidation sites excluding steroid dienone is 2. The minimum absolute atomic E-state index is 0.0109. The van der Waals surface area contributed by atoms with Crippen molar-refractivity contribution in [2.45, 2.75) is 64.1 Å². The molecule has 3 aliphatic rings. The summed E-state index contributed by atoms with van der Waals surface area (Å²) in [7, 11) is 0. The summed E-state index contributed by atoms with van der Waals surface area (Å²) in [6.07, 6.45) is 9.87. The average Bonchev–Trinajstić information content (AvgIpc) is 3.33.